The molecule has 1 aromatic heterocycles. The third kappa shape index (κ3) is 5.42. The van der Waals surface area contributed by atoms with Gasteiger partial charge in [-0.15, -0.1) is 0 Å². The molecule has 0 fully saturated rings. The van der Waals surface area contributed by atoms with Gasteiger partial charge in [0.1, 0.15) is 11.4 Å². The van der Waals surface area contributed by atoms with Crippen LogP contribution in [0.4, 0.5) is 5.82 Å². The summed E-state index contributed by atoms with van der Waals surface area (Å²) in [7, 11) is 0. The van der Waals surface area contributed by atoms with Crippen molar-refractivity contribution in [3.8, 4) is 0 Å². The second-order valence-electron chi connectivity index (χ2n) is 8.35. The predicted molar refractivity (Wildman–Crippen MR) is 106 cm³/mol. The summed E-state index contributed by atoms with van der Waals surface area (Å²) in [5, 5.41) is 15.4. The summed E-state index contributed by atoms with van der Waals surface area (Å²) in [5.74, 6) is -0.288. The number of nitrogens with one attached hydrogen (secondary N) is 2. The molecule has 2 rings (SSSR count). The number of hydrogen-bond donors (Lipinski definition) is 4. The van der Waals surface area contributed by atoms with Gasteiger partial charge in [0.15, 0.2) is 0 Å². The van der Waals surface area contributed by atoms with Crippen LogP contribution in [0.15, 0.2) is 12.1 Å². The maximum Gasteiger partial charge on any atom is 0.326 e. The maximum absolute atomic E-state index is 12.1. The molecule has 7 heteroatoms. The van der Waals surface area contributed by atoms with Crippen LogP contribution in [0.25, 0.3) is 0 Å². The topological polar surface area (TPSA) is 117 Å². The number of aromatic nitrogens is 1. The summed E-state index contributed by atoms with van der Waals surface area (Å²) >= 11 is 0. The molecule has 5 N–H and O–H groups in total. The second kappa shape index (κ2) is 8.69. The highest BCUT2D eigenvalue weighted by Crippen LogP contribution is 2.28. The lowest BCUT2D eigenvalue weighted by molar-refractivity contribution is -0.147. The molecule has 1 aliphatic heterocycles. The molecule has 150 valence electrons. The van der Waals surface area contributed by atoms with Crippen molar-refractivity contribution < 1.29 is 14.7 Å². The molecule has 1 atom stereocenters. The van der Waals surface area contributed by atoms with Gasteiger partial charge in [-0.2, -0.15) is 0 Å². The Kier molecular flexibility index (Phi) is 6.81. The van der Waals surface area contributed by atoms with E-state index in [0.717, 1.165) is 50.2 Å². The van der Waals surface area contributed by atoms with Gasteiger partial charge in [-0.3, -0.25) is 9.59 Å². The highest BCUT2D eigenvalue weighted by molar-refractivity contribution is 5.82. The lowest BCUT2D eigenvalue weighted by Gasteiger charge is -2.37. The molecule has 0 radical (unpaired) electrons. The molecule has 1 unspecified atom stereocenters. The largest absolute Gasteiger partial charge is 0.480 e. The van der Waals surface area contributed by atoms with Gasteiger partial charge in [0.25, 0.3) is 0 Å². The molecule has 27 heavy (non-hydrogen) atoms. The van der Waals surface area contributed by atoms with E-state index in [4.69, 9.17) is 5.73 Å². The number of pyridine rings is 1. The Morgan fingerprint density at radius 2 is 2.04 bits per heavy atom. The molecular formula is C20H32N4O3. The van der Waals surface area contributed by atoms with Crippen LogP contribution in [-0.2, 0) is 22.4 Å². The van der Waals surface area contributed by atoms with Crippen molar-refractivity contribution in [3.05, 3.63) is 23.4 Å². The quantitative estimate of drug-likeness (QED) is 0.516. The third-order valence-electron chi connectivity index (χ3n) is 5.32. The lowest BCUT2D eigenvalue weighted by Crippen LogP contribution is -2.63. The number of aryl methyl sites for hydroxylation is 2. The first-order valence-corrected chi connectivity index (χ1v) is 9.65. The molecule has 0 aliphatic carbocycles. The van der Waals surface area contributed by atoms with E-state index >= 15 is 0 Å². The van der Waals surface area contributed by atoms with Crippen molar-refractivity contribution in [1.29, 1.82) is 0 Å². The Balaban J connectivity index is 1.74. The summed E-state index contributed by atoms with van der Waals surface area (Å²) in [5.41, 5.74) is 6.16. The van der Waals surface area contributed by atoms with Gasteiger partial charge < -0.3 is 21.5 Å². The maximum atomic E-state index is 12.1. The van der Waals surface area contributed by atoms with Gasteiger partial charge in [0.05, 0.1) is 0 Å². The zero-order valence-corrected chi connectivity index (χ0v) is 16.6. The predicted octanol–water partition coefficient (Wildman–Crippen LogP) is 2.10. The molecule has 7 nitrogen and oxygen atoms in total. The first-order chi connectivity index (χ1) is 12.6. The van der Waals surface area contributed by atoms with Crippen molar-refractivity contribution in [1.82, 2.24) is 10.3 Å². The number of carboxylic acid groups (broad SMARTS) is 1. The van der Waals surface area contributed by atoms with Gasteiger partial charge in [0.2, 0.25) is 5.91 Å². The number of carbonyl (C=O) groups is 2. The average Bonchev–Trinajstić information content (AvgIpc) is 2.62. The van der Waals surface area contributed by atoms with Crippen LogP contribution in [0.5, 0.6) is 0 Å². The minimum Gasteiger partial charge on any atom is -0.480 e. The Morgan fingerprint density at radius 1 is 1.30 bits per heavy atom. The fourth-order valence-electron chi connectivity index (χ4n) is 3.09. The normalized spacial score (nSPS) is 16.0. The number of unbranched alkanes of at least 4 members (excludes halogenated alkanes) is 1. The van der Waals surface area contributed by atoms with Gasteiger partial charge >= 0.3 is 5.97 Å². The van der Waals surface area contributed by atoms with E-state index < -0.39 is 16.9 Å². The van der Waals surface area contributed by atoms with Crippen LogP contribution in [-0.4, -0.2) is 40.6 Å². The Labute approximate surface area is 161 Å². The van der Waals surface area contributed by atoms with E-state index in [1.165, 1.54) is 5.56 Å². The van der Waals surface area contributed by atoms with E-state index in [1.54, 1.807) is 20.8 Å². The summed E-state index contributed by atoms with van der Waals surface area (Å²) in [6.07, 6.45) is 4.96. The Morgan fingerprint density at radius 3 is 2.70 bits per heavy atom. The number of carbonyl (C=O) groups excluding carboxylic acids is 1. The van der Waals surface area contributed by atoms with Gasteiger partial charge in [0, 0.05) is 25.2 Å². The smallest absolute Gasteiger partial charge is 0.326 e. The number of rotatable bonds is 8. The second-order valence-corrected chi connectivity index (χ2v) is 8.35. The standard InChI is InChI=1S/C20H32N4O3/c1-19(2,3)20(21,18(26)27)13-23-16(25)9-5-4-8-15-11-10-14-7-6-12-22-17(14)24-15/h10-11H,4-9,12-13,21H2,1-3H3,(H,22,24)(H,23,25)(H,26,27). The van der Waals surface area contributed by atoms with Crippen LogP contribution >= 0.6 is 0 Å². The molecule has 0 aromatic carbocycles. The van der Waals surface area contributed by atoms with Gasteiger partial charge in [-0.25, -0.2) is 4.98 Å². The number of nitrogens with zero attached hydrogens (tertiary/aromatic N) is 1. The minimum absolute atomic E-state index is 0.0806. The number of fused-ring (bicyclic) bond motifs is 1. The first kappa shape index (κ1) is 21.2. The third-order valence-corrected chi connectivity index (χ3v) is 5.32. The van der Waals surface area contributed by atoms with Crippen LogP contribution < -0.4 is 16.4 Å². The van der Waals surface area contributed by atoms with Crippen LogP contribution in [0, 0.1) is 5.41 Å². The van der Waals surface area contributed by atoms with E-state index in [0.29, 0.717) is 6.42 Å². The zero-order valence-electron chi connectivity index (χ0n) is 16.6. The fourth-order valence-corrected chi connectivity index (χ4v) is 3.09. The summed E-state index contributed by atoms with van der Waals surface area (Å²) < 4.78 is 0. The van der Waals surface area contributed by atoms with Gasteiger partial charge in [-0.05, 0) is 49.1 Å². The molecule has 1 aliphatic rings. The van der Waals surface area contributed by atoms with E-state index in [1.807, 2.05) is 0 Å². The van der Waals surface area contributed by atoms with Crippen molar-refractivity contribution in [2.75, 3.05) is 18.4 Å². The Hall–Kier alpha value is -2.15. The average molecular weight is 377 g/mol. The molecule has 0 bridgehead atoms. The summed E-state index contributed by atoms with van der Waals surface area (Å²) in [6, 6.07) is 4.20. The van der Waals surface area contributed by atoms with Crippen molar-refractivity contribution >= 4 is 17.7 Å². The SMILES string of the molecule is CC(C)(C)C(N)(CNC(=O)CCCCc1ccc2c(n1)NCCC2)C(=O)O. The van der Waals surface area contributed by atoms with Crippen molar-refractivity contribution in [2.45, 2.75) is 64.8 Å². The number of hydrogen-bond acceptors (Lipinski definition) is 5. The molecule has 0 saturated heterocycles. The molecule has 0 saturated carbocycles. The van der Waals surface area contributed by atoms with E-state index in [9.17, 15) is 14.7 Å². The monoisotopic (exact) mass is 376 g/mol. The Bertz CT molecular complexity index is 684. The van der Waals surface area contributed by atoms with Crippen molar-refractivity contribution in [2.24, 2.45) is 11.1 Å². The lowest BCUT2D eigenvalue weighted by atomic mass is 9.74. The summed E-state index contributed by atoms with van der Waals surface area (Å²) in [4.78, 5) is 28.2. The summed E-state index contributed by atoms with van der Waals surface area (Å²) in [6.45, 7) is 6.16. The number of nitrogens with two attached hydrogens (primary N) is 1. The highest BCUT2D eigenvalue weighted by atomic mass is 16.4. The van der Waals surface area contributed by atoms with E-state index in [-0.39, 0.29) is 12.5 Å². The van der Waals surface area contributed by atoms with Gasteiger partial charge in [-0.1, -0.05) is 26.8 Å². The van der Waals surface area contributed by atoms with Crippen LogP contribution in [0.3, 0.4) is 0 Å². The minimum atomic E-state index is -1.50. The number of aliphatic carboxylic acids is 1. The number of anilines is 1. The first-order valence-electron chi connectivity index (χ1n) is 9.65. The number of carboxylic acids is 1. The fraction of sp³-hybridized carbons (Fsp3) is 0.650. The molecular weight excluding hydrogens is 344 g/mol. The van der Waals surface area contributed by atoms with Crippen molar-refractivity contribution in [3.63, 3.8) is 0 Å². The molecule has 2 heterocycles. The molecule has 1 aromatic rings. The molecule has 1 amide bonds. The van der Waals surface area contributed by atoms with Crippen LogP contribution in [0.1, 0.15) is 57.7 Å². The van der Waals surface area contributed by atoms with E-state index in [2.05, 4.69) is 27.8 Å². The zero-order chi connectivity index (χ0) is 20.1. The van der Waals surface area contributed by atoms with Crippen LogP contribution in [0.2, 0.25) is 0 Å². The highest BCUT2D eigenvalue weighted by Gasteiger charge is 2.45. The number of amides is 1. The molecule has 0 spiro atoms.